The van der Waals surface area contributed by atoms with E-state index in [-0.39, 0.29) is 5.69 Å². The Morgan fingerprint density at radius 3 is 2.86 bits per heavy atom. The van der Waals surface area contributed by atoms with Crippen LogP contribution in [0, 0.1) is 0 Å². The summed E-state index contributed by atoms with van der Waals surface area (Å²) < 4.78 is 3.49. The zero-order valence-corrected chi connectivity index (χ0v) is 11.2. The van der Waals surface area contributed by atoms with Crippen molar-refractivity contribution >= 4 is 11.6 Å². The van der Waals surface area contributed by atoms with E-state index in [1.54, 1.807) is 0 Å². The van der Waals surface area contributed by atoms with Crippen LogP contribution in [0.5, 0.6) is 0 Å². The van der Waals surface area contributed by atoms with Crippen LogP contribution in [0.2, 0.25) is 0 Å². The fraction of sp³-hybridized carbons (Fsp3) is 0.286. The zero-order valence-electron chi connectivity index (χ0n) is 11.2. The molecule has 0 amide bonds. The molecule has 0 unspecified atom stereocenters. The average molecular weight is 283 g/mol. The number of carboxylic acid groups (broad SMARTS) is 1. The monoisotopic (exact) mass is 283 g/mol. The van der Waals surface area contributed by atoms with Crippen LogP contribution in [0.3, 0.4) is 0 Å². The first-order chi connectivity index (χ1) is 10.2. The van der Waals surface area contributed by atoms with E-state index in [1.807, 2.05) is 16.7 Å². The van der Waals surface area contributed by atoms with Crippen LogP contribution in [0.25, 0.3) is 5.65 Å². The second-order valence-corrected chi connectivity index (χ2v) is 5.34. The van der Waals surface area contributed by atoms with Crippen LogP contribution in [-0.4, -0.2) is 35.5 Å². The van der Waals surface area contributed by atoms with Gasteiger partial charge in [-0.25, -0.2) is 14.5 Å². The lowest BCUT2D eigenvalue weighted by Gasteiger charge is -1.98. The Kier molecular flexibility index (Phi) is 2.53. The molecule has 3 heterocycles. The number of carboxylic acids is 1. The number of rotatable bonds is 4. The Morgan fingerprint density at radius 1 is 1.29 bits per heavy atom. The van der Waals surface area contributed by atoms with Crippen LogP contribution >= 0.6 is 0 Å². The number of aromatic carboxylic acids is 1. The summed E-state index contributed by atoms with van der Waals surface area (Å²) in [6.07, 6.45) is 8.01. The Morgan fingerprint density at radius 2 is 2.14 bits per heavy atom. The zero-order chi connectivity index (χ0) is 14.4. The molecule has 1 N–H and O–H groups in total. The Balaban J connectivity index is 1.61. The molecule has 106 valence electrons. The standard InChI is InChI=1S/C14H13N5O2/c20-14(21)12-8-19(17-16-12)7-11-6-18-5-10(9-1-2-9)3-4-13(18)15-11/h3-6,8-9H,1-2,7H2,(H,20,21). The van der Waals surface area contributed by atoms with Crippen molar-refractivity contribution < 1.29 is 9.90 Å². The average Bonchev–Trinajstić information content (AvgIpc) is 3.07. The third kappa shape index (κ3) is 2.26. The molecule has 3 aromatic heterocycles. The number of nitrogens with zero attached hydrogens (tertiary/aromatic N) is 5. The summed E-state index contributed by atoms with van der Waals surface area (Å²) in [6, 6.07) is 4.14. The van der Waals surface area contributed by atoms with Gasteiger partial charge in [-0.1, -0.05) is 11.3 Å². The van der Waals surface area contributed by atoms with E-state index < -0.39 is 5.97 Å². The number of carbonyl (C=O) groups is 1. The summed E-state index contributed by atoms with van der Waals surface area (Å²) in [7, 11) is 0. The number of hydrogen-bond donors (Lipinski definition) is 1. The SMILES string of the molecule is O=C(O)c1cn(Cc2cn3cc(C4CC4)ccc3n2)nn1. The molecular weight excluding hydrogens is 270 g/mol. The molecule has 7 nitrogen and oxygen atoms in total. The Labute approximate surface area is 119 Å². The molecular formula is C14H13N5O2. The predicted molar refractivity (Wildman–Crippen MR) is 73.3 cm³/mol. The van der Waals surface area contributed by atoms with Crippen molar-refractivity contribution in [1.29, 1.82) is 0 Å². The topological polar surface area (TPSA) is 85.3 Å². The molecule has 0 aromatic carbocycles. The molecule has 0 radical (unpaired) electrons. The van der Waals surface area contributed by atoms with Crippen LogP contribution < -0.4 is 0 Å². The third-order valence-corrected chi connectivity index (χ3v) is 3.65. The van der Waals surface area contributed by atoms with Crippen molar-refractivity contribution in [3.63, 3.8) is 0 Å². The molecule has 21 heavy (non-hydrogen) atoms. The van der Waals surface area contributed by atoms with Gasteiger partial charge >= 0.3 is 5.97 Å². The molecule has 1 aliphatic rings. The Bertz CT molecular complexity index is 831. The second-order valence-electron chi connectivity index (χ2n) is 5.34. The molecule has 1 fully saturated rings. The summed E-state index contributed by atoms with van der Waals surface area (Å²) in [5, 5.41) is 16.2. The molecule has 1 saturated carbocycles. The molecule has 0 spiro atoms. The third-order valence-electron chi connectivity index (χ3n) is 3.65. The van der Waals surface area contributed by atoms with E-state index in [0.29, 0.717) is 12.5 Å². The number of hydrogen-bond acceptors (Lipinski definition) is 4. The first kappa shape index (κ1) is 12.1. The summed E-state index contributed by atoms with van der Waals surface area (Å²) in [5.74, 6) is -0.376. The minimum Gasteiger partial charge on any atom is -0.476 e. The molecule has 1 aliphatic carbocycles. The molecule has 0 bridgehead atoms. The maximum Gasteiger partial charge on any atom is 0.358 e. The summed E-state index contributed by atoms with van der Waals surface area (Å²) in [6.45, 7) is 0.403. The quantitative estimate of drug-likeness (QED) is 0.785. The Hall–Kier alpha value is -2.70. The van der Waals surface area contributed by atoms with Crippen LogP contribution in [0.4, 0.5) is 0 Å². The molecule has 0 atom stereocenters. The fourth-order valence-corrected chi connectivity index (χ4v) is 2.44. The van der Waals surface area contributed by atoms with E-state index in [1.165, 1.54) is 29.3 Å². The van der Waals surface area contributed by atoms with Crippen molar-refractivity contribution in [2.24, 2.45) is 0 Å². The van der Waals surface area contributed by atoms with Crippen molar-refractivity contribution in [3.8, 4) is 0 Å². The highest BCUT2D eigenvalue weighted by Gasteiger charge is 2.23. The van der Waals surface area contributed by atoms with Gasteiger partial charge in [0.1, 0.15) is 5.65 Å². The highest BCUT2D eigenvalue weighted by molar-refractivity contribution is 5.84. The summed E-state index contributed by atoms with van der Waals surface area (Å²) >= 11 is 0. The lowest BCUT2D eigenvalue weighted by Crippen LogP contribution is -2.00. The first-order valence-electron chi connectivity index (χ1n) is 6.80. The number of imidazole rings is 1. The van der Waals surface area contributed by atoms with Crippen molar-refractivity contribution in [3.05, 3.63) is 47.7 Å². The van der Waals surface area contributed by atoms with Gasteiger partial charge in [-0.15, -0.1) is 5.10 Å². The largest absolute Gasteiger partial charge is 0.476 e. The smallest absolute Gasteiger partial charge is 0.358 e. The number of pyridine rings is 1. The molecule has 4 rings (SSSR count). The van der Waals surface area contributed by atoms with E-state index in [4.69, 9.17) is 5.11 Å². The highest BCUT2D eigenvalue weighted by atomic mass is 16.4. The van der Waals surface area contributed by atoms with Gasteiger partial charge in [0.15, 0.2) is 5.69 Å². The van der Waals surface area contributed by atoms with Crippen LogP contribution in [0.15, 0.2) is 30.7 Å². The van der Waals surface area contributed by atoms with Crippen LogP contribution in [-0.2, 0) is 6.54 Å². The van der Waals surface area contributed by atoms with Gasteiger partial charge in [0.05, 0.1) is 18.4 Å². The van der Waals surface area contributed by atoms with E-state index >= 15 is 0 Å². The van der Waals surface area contributed by atoms with Gasteiger partial charge in [-0.2, -0.15) is 0 Å². The molecule has 0 saturated heterocycles. The maximum absolute atomic E-state index is 10.8. The minimum absolute atomic E-state index is 0.0604. The normalized spacial score (nSPS) is 14.7. The van der Waals surface area contributed by atoms with Gasteiger partial charge in [-0.05, 0) is 30.4 Å². The van der Waals surface area contributed by atoms with Gasteiger partial charge in [0.2, 0.25) is 0 Å². The van der Waals surface area contributed by atoms with Gasteiger partial charge in [-0.3, -0.25) is 0 Å². The maximum atomic E-state index is 10.8. The summed E-state index contributed by atoms with van der Waals surface area (Å²) in [5.41, 5.74) is 2.99. The van der Waals surface area contributed by atoms with Crippen LogP contribution in [0.1, 0.15) is 40.5 Å². The molecule has 3 aromatic rings. The number of aromatic nitrogens is 5. The fourth-order valence-electron chi connectivity index (χ4n) is 2.44. The first-order valence-corrected chi connectivity index (χ1v) is 6.80. The molecule has 0 aliphatic heterocycles. The van der Waals surface area contributed by atoms with Gasteiger partial charge < -0.3 is 9.51 Å². The van der Waals surface area contributed by atoms with E-state index in [9.17, 15) is 4.79 Å². The predicted octanol–water partition coefficient (Wildman–Crippen LogP) is 1.55. The van der Waals surface area contributed by atoms with E-state index in [2.05, 4.69) is 27.6 Å². The van der Waals surface area contributed by atoms with Gasteiger partial charge in [0.25, 0.3) is 0 Å². The minimum atomic E-state index is -1.08. The molecule has 7 heteroatoms. The summed E-state index contributed by atoms with van der Waals surface area (Å²) in [4.78, 5) is 15.3. The van der Waals surface area contributed by atoms with Crippen molar-refractivity contribution in [1.82, 2.24) is 24.4 Å². The van der Waals surface area contributed by atoms with E-state index in [0.717, 1.165) is 11.3 Å². The highest BCUT2D eigenvalue weighted by Crippen LogP contribution is 2.39. The van der Waals surface area contributed by atoms with Gasteiger partial charge in [0, 0.05) is 12.4 Å². The number of fused-ring (bicyclic) bond motifs is 1. The lowest BCUT2D eigenvalue weighted by atomic mass is 10.2. The second kappa shape index (κ2) is 4.41. The van der Waals surface area contributed by atoms with Crippen molar-refractivity contribution in [2.45, 2.75) is 25.3 Å². The van der Waals surface area contributed by atoms with Crippen molar-refractivity contribution in [2.75, 3.05) is 0 Å². The lowest BCUT2D eigenvalue weighted by molar-refractivity contribution is 0.0690.